The molecule has 0 aliphatic carbocycles. The van der Waals surface area contributed by atoms with Crippen LogP contribution in [0.1, 0.15) is 0 Å². The van der Waals surface area contributed by atoms with Crippen LogP contribution in [0.5, 0.6) is 0 Å². The Hall–Kier alpha value is -0.153. The fourth-order valence-corrected chi connectivity index (χ4v) is 0. The van der Waals surface area contributed by atoms with Gasteiger partial charge in [-0.05, 0) is 0 Å². The van der Waals surface area contributed by atoms with Gasteiger partial charge in [-0.2, -0.15) is 0 Å². The van der Waals surface area contributed by atoms with Crippen molar-refractivity contribution < 1.29 is 41.7 Å². The molecule has 0 aliphatic rings. The van der Waals surface area contributed by atoms with Crippen molar-refractivity contribution in [2.24, 2.45) is 0 Å². The van der Waals surface area contributed by atoms with Crippen LogP contribution in [0.15, 0.2) is 0 Å². The zero-order valence-corrected chi connectivity index (χ0v) is 6.48. The third-order valence-corrected chi connectivity index (χ3v) is 0. The van der Waals surface area contributed by atoms with Crippen molar-refractivity contribution in [3.63, 3.8) is 0 Å². The summed E-state index contributed by atoms with van der Waals surface area (Å²) in [5.41, 5.74) is 0. The molecular formula is C3CeN3. The van der Waals surface area contributed by atoms with E-state index < -0.39 is 0 Å². The molecule has 3 nitrogen and oxygen atoms in total. The number of rotatable bonds is 0. The minimum Gasteiger partial charge on any atom is -0.512 e. The summed E-state index contributed by atoms with van der Waals surface area (Å²) in [6.45, 7) is 14.2. The van der Waals surface area contributed by atoms with E-state index in [1.807, 2.05) is 0 Å². The molecule has 1 radical (unpaired) electrons. The largest absolute Gasteiger partial charge is 3.00 e. The van der Waals surface area contributed by atoms with Gasteiger partial charge < -0.3 is 35.5 Å². The molecule has 0 aromatic rings. The first-order valence-electron chi connectivity index (χ1n) is 0.671. The second kappa shape index (κ2) is 5840. The topological polar surface area (TPSA) is 71.4 Å². The van der Waals surface area contributed by atoms with Crippen molar-refractivity contribution in [3.05, 3.63) is 19.7 Å². The zero-order chi connectivity index (χ0) is 6.00. The molecule has 0 amide bonds. The molecule has 0 spiro atoms. The average molecular weight is 218 g/mol. The fraction of sp³-hybridized carbons (Fsp3) is 0. The molecule has 0 rings (SSSR count). The van der Waals surface area contributed by atoms with Crippen LogP contribution in [0.3, 0.4) is 0 Å². The normalized spacial score (nSPS) is 0.857. The summed E-state index contributed by atoms with van der Waals surface area (Å²) in [5.74, 6) is 0. The van der Waals surface area contributed by atoms with Gasteiger partial charge in [0, 0.05) is 0 Å². The molecule has 0 N–H and O–H groups in total. The van der Waals surface area contributed by atoms with Gasteiger partial charge in [0.2, 0.25) is 0 Å². The molecule has 0 bridgehead atoms. The van der Waals surface area contributed by atoms with Crippen molar-refractivity contribution in [2.45, 2.75) is 0 Å². The van der Waals surface area contributed by atoms with Gasteiger partial charge in [-0.1, -0.05) is 0 Å². The first-order valence-corrected chi connectivity index (χ1v) is 0.671. The SMILES string of the molecule is [C-]#N.[C-]#N.[C-]#N.[Ce+3]. The van der Waals surface area contributed by atoms with Gasteiger partial charge in [0.15, 0.2) is 0 Å². The Balaban J connectivity index is -0.00000000900. The third kappa shape index (κ3) is 3680. The van der Waals surface area contributed by atoms with Gasteiger partial charge in [0.25, 0.3) is 0 Å². The van der Waals surface area contributed by atoms with Crippen LogP contribution in [0.4, 0.5) is 0 Å². The van der Waals surface area contributed by atoms with E-state index in [0.29, 0.717) is 0 Å². The Kier molecular flexibility index (Phi) is 24100. The molecule has 0 unspecified atom stereocenters. The van der Waals surface area contributed by atoms with Gasteiger partial charge in [-0.25, -0.2) is 0 Å². The van der Waals surface area contributed by atoms with E-state index in [1.165, 1.54) is 0 Å². The summed E-state index contributed by atoms with van der Waals surface area (Å²) in [4.78, 5) is 0. The van der Waals surface area contributed by atoms with E-state index >= 15 is 0 Å². The van der Waals surface area contributed by atoms with Crippen molar-refractivity contribution in [3.8, 4) is 0 Å². The van der Waals surface area contributed by atoms with Gasteiger partial charge >= 0.3 is 41.7 Å². The van der Waals surface area contributed by atoms with E-state index in [4.69, 9.17) is 35.5 Å². The third-order valence-electron chi connectivity index (χ3n) is 0. The van der Waals surface area contributed by atoms with Crippen LogP contribution in [-0.2, 0) is 0 Å². The molecule has 4 heteroatoms. The molecular weight excluding hydrogens is 218 g/mol. The summed E-state index contributed by atoms with van der Waals surface area (Å²) >= 11 is 0. The van der Waals surface area contributed by atoms with Crippen molar-refractivity contribution in [2.75, 3.05) is 0 Å². The molecule has 31 valence electrons. The maximum Gasteiger partial charge on any atom is 3.00 e. The van der Waals surface area contributed by atoms with Gasteiger partial charge in [0.1, 0.15) is 0 Å². The maximum absolute atomic E-state index is 6.25. The van der Waals surface area contributed by atoms with Crippen LogP contribution in [0.2, 0.25) is 0 Å². The minimum absolute atomic E-state index is 0. The molecule has 0 heterocycles. The van der Waals surface area contributed by atoms with Crippen LogP contribution in [0, 0.1) is 77.2 Å². The smallest absolute Gasteiger partial charge is 0.512 e. The average Bonchev–Trinajstić information content (AvgIpc) is 1.81. The zero-order valence-electron chi connectivity index (χ0n) is 3.34. The van der Waals surface area contributed by atoms with Crippen LogP contribution >= 0.6 is 0 Å². The Morgan fingerprint density at radius 2 is 0.571 bits per heavy atom. The first-order chi connectivity index (χ1) is 3.00. The Morgan fingerprint density at radius 3 is 0.571 bits per heavy atom. The van der Waals surface area contributed by atoms with Crippen molar-refractivity contribution >= 4 is 0 Å². The standard InChI is InChI=1S/3CN.Ce/c3*1-2;/q3*-1;+3. The summed E-state index contributed by atoms with van der Waals surface area (Å²) in [6.07, 6.45) is 0. The van der Waals surface area contributed by atoms with Crippen molar-refractivity contribution in [1.82, 2.24) is 0 Å². The molecule has 0 fully saturated rings. The minimum atomic E-state index is 0. The van der Waals surface area contributed by atoms with E-state index in [1.54, 1.807) is 0 Å². The van der Waals surface area contributed by atoms with Crippen LogP contribution in [0.25, 0.3) is 0 Å². The predicted molar refractivity (Wildman–Crippen MR) is 14.9 cm³/mol. The maximum atomic E-state index is 6.25. The summed E-state index contributed by atoms with van der Waals surface area (Å²) in [7, 11) is 0. The van der Waals surface area contributed by atoms with Crippen molar-refractivity contribution in [1.29, 1.82) is 15.8 Å². The summed E-state index contributed by atoms with van der Waals surface area (Å²) < 4.78 is 0. The monoisotopic (exact) mass is 218 g/mol. The number of hydrogen-bond donors (Lipinski definition) is 0. The van der Waals surface area contributed by atoms with Gasteiger partial charge in [-0.15, -0.1) is 0 Å². The fourth-order valence-electron chi connectivity index (χ4n) is 0. The predicted octanol–water partition coefficient (Wildman–Crippen LogP) is 0.289. The molecule has 0 aliphatic heterocycles. The Bertz CT molecular complexity index is 38.7. The number of nitrogens with zero attached hydrogens (tertiary/aromatic N) is 3. The van der Waals surface area contributed by atoms with Gasteiger partial charge in [-0.3, -0.25) is 0 Å². The second-order valence-corrected chi connectivity index (χ2v) is 0. The number of hydrogen-bond acceptors (Lipinski definition) is 3. The summed E-state index contributed by atoms with van der Waals surface area (Å²) in [5, 5.41) is 18.8. The van der Waals surface area contributed by atoms with Crippen LogP contribution < -0.4 is 0 Å². The van der Waals surface area contributed by atoms with E-state index in [0.717, 1.165) is 0 Å². The molecule has 0 aromatic heterocycles. The Morgan fingerprint density at radius 1 is 0.571 bits per heavy atom. The molecule has 0 saturated carbocycles. The molecule has 0 saturated heterocycles. The Labute approximate surface area is 76.5 Å². The van der Waals surface area contributed by atoms with E-state index in [-0.39, 0.29) is 41.7 Å². The molecule has 0 atom stereocenters. The molecule has 0 aromatic carbocycles. The summed E-state index contributed by atoms with van der Waals surface area (Å²) in [6, 6.07) is 0. The van der Waals surface area contributed by atoms with Crippen LogP contribution in [-0.4, -0.2) is 0 Å². The van der Waals surface area contributed by atoms with Gasteiger partial charge in [0.05, 0.1) is 0 Å². The van der Waals surface area contributed by atoms with E-state index in [9.17, 15) is 0 Å². The second-order valence-electron chi connectivity index (χ2n) is 0. The quantitative estimate of drug-likeness (QED) is 0.548. The molecule has 7 heavy (non-hydrogen) atoms. The van der Waals surface area contributed by atoms with E-state index in [2.05, 4.69) is 0 Å². The first kappa shape index (κ1) is 28.9.